The molecule has 3 rings (SSSR count). The SMILES string of the molecule is O=C(Cc1cccs1)NCCn1nc(-c2ccccc2)ccc1=O. The fourth-order valence-electron chi connectivity index (χ4n) is 2.31. The highest BCUT2D eigenvalue weighted by molar-refractivity contribution is 7.10. The molecule has 1 aromatic carbocycles. The predicted octanol–water partition coefficient (Wildman–Crippen LogP) is 2.33. The van der Waals surface area contributed by atoms with Crippen LogP contribution in [0.1, 0.15) is 4.88 Å². The van der Waals surface area contributed by atoms with E-state index in [0.717, 1.165) is 16.1 Å². The summed E-state index contributed by atoms with van der Waals surface area (Å²) in [5.41, 5.74) is 1.51. The van der Waals surface area contributed by atoms with E-state index in [9.17, 15) is 9.59 Å². The minimum atomic E-state index is -0.179. The molecule has 0 bridgehead atoms. The number of hydrogen-bond donors (Lipinski definition) is 1. The van der Waals surface area contributed by atoms with E-state index in [-0.39, 0.29) is 11.5 Å². The van der Waals surface area contributed by atoms with Crippen molar-refractivity contribution in [3.05, 3.63) is 75.2 Å². The van der Waals surface area contributed by atoms with Gasteiger partial charge >= 0.3 is 0 Å². The van der Waals surface area contributed by atoms with Gasteiger partial charge < -0.3 is 5.32 Å². The zero-order valence-corrected chi connectivity index (χ0v) is 13.8. The van der Waals surface area contributed by atoms with E-state index in [4.69, 9.17) is 0 Å². The summed E-state index contributed by atoms with van der Waals surface area (Å²) in [7, 11) is 0. The summed E-state index contributed by atoms with van der Waals surface area (Å²) in [6, 6.07) is 16.7. The van der Waals surface area contributed by atoms with Gasteiger partial charge in [-0.25, -0.2) is 4.68 Å². The summed E-state index contributed by atoms with van der Waals surface area (Å²) in [4.78, 5) is 24.8. The Morgan fingerprint density at radius 1 is 1.08 bits per heavy atom. The Balaban J connectivity index is 1.61. The molecule has 1 N–H and O–H groups in total. The second-order valence-corrected chi connectivity index (χ2v) is 6.28. The molecule has 6 heteroatoms. The van der Waals surface area contributed by atoms with Crippen molar-refractivity contribution in [1.82, 2.24) is 15.1 Å². The van der Waals surface area contributed by atoms with Crippen LogP contribution in [0.2, 0.25) is 0 Å². The first-order valence-corrected chi connectivity index (χ1v) is 8.53. The van der Waals surface area contributed by atoms with Gasteiger partial charge in [-0.05, 0) is 17.5 Å². The Morgan fingerprint density at radius 2 is 1.92 bits per heavy atom. The third-order valence-corrected chi connectivity index (χ3v) is 4.37. The van der Waals surface area contributed by atoms with E-state index >= 15 is 0 Å². The lowest BCUT2D eigenvalue weighted by Gasteiger charge is -2.08. The van der Waals surface area contributed by atoms with Crippen LogP contribution in [-0.4, -0.2) is 22.2 Å². The third-order valence-electron chi connectivity index (χ3n) is 3.50. The molecule has 0 spiro atoms. The van der Waals surface area contributed by atoms with Crippen LogP contribution in [0.4, 0.5) is 0 Å². The number of nitrogens with zero attached hydrogens (tertiary/aromatic N) is 2. The van der Waals surface area contributed by atoms with Crippen LogP contribution < -0.4 is 10.9 Å². The lowest BCUT2D eigenvalue weighted by Crippen LogP contribution is -2.32. The molecule has 0 radical (unpaired) electrons. The Kier molecular flexibility index (Phi) is 5.18. The van der Waals surface area contributed by atoms with Gasteiger partial charge in [0.05, 0.1) is 18.7 Å². The number of thiophene rings is 1. The zero-order chi connectivity index (χ0) is 16.8. The van der Waals surface area contributed by atoms with Crippen molar-refractivity contribution in [2.45, 2.75) is 13.0 Å². The number of nitrogens with one attached hydrogen (secondary N) is 1. The molecule has 0 saturated heterocycles. The summed E-state index contributed by atoms with van der Waals surface area (Å²) in [6.45, 7) is 0.713. The maximum absolute atomic E-state index is 11.9. The second kappa shape index (κ2) is 7.70. The molecule has 3 aromatic rings. The van der Waals surface area contributed by atoms with Crippen LogP contribution in [0.25, 0.3) is 11.3 Å². The maximum Gasteiger partial charge on any atom is 0.266 e. The Hall–Kier alpha value is -2.73. The minimum absolute atomic E-state index is 0.0512. The molecule has 5 nitrogen and oxygen atoms in total. The number of carbonyl (C=O) groups is 1. The molecular weight excluding hydrogens is 322 g/mol. The topological polar surface area (TPSA) is 64.0 Å². The van der Waals surface area contributed by atoms with Crippen molar-refractivity contribution in [1.29, 1.82) is 0 Å². The van der Waals surface area contributed by atoms with Gasteiger partial charge in [-0.1, -0.05) is 36.4 Å². The summed E-state index contributed by atoms with van der Waals surface area (Å²) in [5, 5.41) is 9.14. The molecule has 1 amide bonds. The molecular formula is C18H17N3O2S. The van der Waals surface area contributed by atoms with Crippen molar-refractivity contribution >= 4 is 17.2 Å². The molecule has 2 aromatic heterocycles. The number of hydrogen-bond acceptors (Lipinski definition) is 4. The van der Waals surface area contributed by atoms with E-state index in [1.54, 1.807) is 17.4 Å². The highest BCUT2D eigenvalue weighted by Gasteiger charge is 2.06. The summed E-state index contributed by atoms with van der Waals surface area (Å²) in [5.74, 6) is -0.0512. The number of benzene rings is 1. The molecule has 0 saturated carbocycles. The van der Waals surface area contributed by atoms with E-state index < -0.39 is 0 Å². The van der Waals surface area contributed by atoms with Crippen molar-refractivity contribution < 1.29 is 4.79 Å². The molecule has 0 atom stereocenters. The first-order valence-electron chi connectivity index (χ1n) is 7.65. The summed E-state index contributed by atoms with van der Waals surface area (Å²) >= 11 is 1.55. The minimum Gasteiger partial charge on any atom is -0.354 e. The number of aromatic nitrogens is 2. The summed E-state index contributed by atoms with van der Waals surface area (Å²) in [6.07, 6.45) is 0.365. The standard InChI is InChI=1S/C18H17N3O2S/c22-17(13-15-7-4-12-24-15)19-10-11-21-18(23)9-8-16(20-21)14-5-2-1-3-6-14/h1-9,12H,10-11,13H2,(H,19,22). The lowest BCUT2D eigenvalue weighted by atomic mass is 10.1. The van der Waals surface area contributed by atoms with Gasteiger partial charge in [-0.15, -0.1) is 11.3 Å². The zero-order valence-electron chi connectivity index (χ0n) is 13.0. The molecule has 0 aliphatic carbocycles. The Morgan fingerprint density at radius 3 is 2.67 bits per heavy atom. The van der Waals surface area contributed by atoms with Gasteiger partial charge in [-0.3, -0.25) is 9.59 Å². The van der Waals surface area contributed by atoms with E-state index in [2.05, 4.69) is 10.4 Å². The number of rotatable bonds is 6. The number of carbonyl (C=O) groups excluding carboxylic acids is 1. The molecule has 0 aliphatic rings. The van der Waals surface area contributed by atoms with Crippen LogP contribution in [0.15, 0.2) is 64.8 Å². The van der Waals surface area contributed by atoms with E-state index in [1.165, 1.54) is 10.7 Å². The van der Waals surface area contributed by atoms with Gasteiger partial charge in [0, 0.05) is 23.1 Å². The van der Waals surface area contributed by atoms with Gasteiger partial charge in [0.2, 0.25) is 5.91 Å². The first kappa shape index (κ1) is 16.1. The van der Waals surface area contributed by atoms with Gasteiger partial charge in [0.15, 0.2) is 0 Å². The fraction of sp³-hybridized carbons (Fsp3) is 0.167. The van der Waals surface area contributed by atoms with Crippen molar-refractivity contribution in [2.75, 3.05) is 6.54 Å². The van der Waals surface area contributed by atoms with Crippen LogP contribution in [0.5, 0.6) is 0 Å². The Bertz CT molecular complexity index is 857. The van der Waals surface area contributed by atoms with E-state index in [1.807, 2.05) is 47.8 Å². The fourth-order valence-corrected chi connectivity index (χ4v) is 3.01. The largest absolute Gasteiger partial charge is 0.354 e. The van der Waals surface area contributed by atoms with Crippen LogP contribution in [0, 0.1) is 0 Å². The highest BCUT2D eigenvalue weighted by Crippen LogP contribution is 2.13. The lowest BCUT2D eigenvalue weighted by molar-refractivity contribution is -0.120. The second-order valence-electron chi connectivity index (χ2n) is 5.25. The Labute approximate surface area is 143 Å². The maximum atomic E-state index is 11.9. The molecule has 0 aliphatic heterocycles. The molecule has 0 unspecified atom stereocenters. The molecule has 2 heterocycles. The summed E-state index contributed by atoms with van der Waals surface area (Å²) < 4.78 is 1.38. The monoisotopic (exact) mass is 339 g/mol. The first-order chi connectivity index (χ1) is 11.7. The highest BCUT2D eigenvalue weighted by atomic mass is 32.1. The third kappa shape index (κ3) is 4.17. The van der Waals surface area contributed by atoms with Gasteiger partial charge in [-0.2, -0.15) is 5.10 Å². The molecule has 122 valence electrons. The average Bonchev–Trinajstić information content (AvgIpc) is 3.10. The normalized spacial score (nSPS) is 10.5. The van der Waals surface area contributed by atoms with Crippen molar-refractivity contribution in [3.8, 4) is 11.3 Å². The van der Waals surface area contributed by atoms with Crippen LogP contribution in [0.3, 0.4) is 0 Å². The predicted molar refractivity (Wildman–Crippen MR) is 95.0 cm³/mol. The quantitative estimate of drug-likeness (QED) is 0.750. The van der Waals surface area contributed by atoms with Crippen LogP contribution in [-0.2, 0) is 17.8 Å². The van der Waals surface area contributed by atoms with Gasteiger partial charge in [0.1, 0.15) is 0 Å². The number of amides is 1. The smallest absolute Gasteiger partial charge is 0.266 e. The van der Waals surface area contributed by atoms with Crippen molar-refractivity contribution in [2.24, 2.45) is 0 Å². The average molecular weight is 339 g/mol. The van der Waals surface area contributed by atoms with Crippen LogP contribution >= 0.6 is 11.3 Å². The van der Waals surface area contributed by atoms with Gasteiger partial charge in [0.25, 0.3) is 5.56 Å². The molecule has 24 heavy (non-hydrogen) atoms. The van der Waals surface area contributed by atoms with E-state index in [0.29, 0.717) is 19.5 Å². The van der Waals surface area contributed by atoms with Crippen molar-refractivity contribution in [3.63, 3.8) is 0 Å². The molecule has 0 fully saturated rings.